The molecule has 0 unspecified atom stereocenters. The SMILES string of the molecule is CCN1CCN(c2ccc(NS(=O)(=O)c3ccc(C(F)(F)F)cc3)cc2)CC1. The van der Waals surface area contributed by atoms with E-state index in [0.717, 1.165) is 62.7 Å². The molecule has 9 heteroatoms. The average molecular weight is 413 g/mol. The molecule has 2 aromatic rings. The Hall–Kier alpha value is -2.26. The number of hydrogen-bond donors (Lipinski definition) is 1. The van der Waals surface area contributed by atoms with Crippen LogP contribution in [-0.2, 0) is 16.2 Å². The molecular formula is C19H22F3N3O2S. The van der Waals surface area contributed by atoms with Crippen LogP contribution in [0.5, 0.6) is 0 Å². The second-order valence-electron chi connectivity index (χ2n) is 6.60. The zero-order valence-corrected chi connectivity index (χ0v) is 16.2. The van der Waals surface area contributed by atoms with Crippen molar-refractivity contribution in [2.75, 3.05) is 42.3 Å². The van der Waals surface area contributed by atoms with Crippen molar-refractivity contribution in [2.24, 2.45) is 0 Å². The van der Waals surface area contributed by atoms with Crippen LogP contribution in [-0.4, -0.2) is 46.0 Å². The number of nitrogens with zero attached hydrogens (tertiary/aromatic N) is 2. The molecule has 5 nitrogen and oxygen atoms in total. The highest BCUT2D eigenvalue weighted by Gasteiger charge is 2.30. The number of sulfonamides is 1. The van der Waals surface area contributed by atoms with Gasteiger partial charge in [0.2, 0.25) is 0 Å². The van der Waals surface area contributed by atoms with Gasteiger partial charge in [-0.15, -0.1) is 0 Å². The summed E-state index contributed by atoms with van der Waals surface area (Å²) in [6.45, 7) is 6.94. The van der Waals surface area contributed by atoms with E-state index in [9.17, 15) is 21.6 Å². The Morgan fingerprint density at radius 2 is 1.50 bits per heavy atom. The van der Waals surface area contributed by atoms with Gasteiger partial charge in [-0.05, 0) is 55.1 Å². The number of likely N-dealkylation sites (N-methyl/N-ethyl adjacent to an activating group) is 1. The van der Waals surface area contributed by atoms with Crippen molar-refractivity contribution in [3.8, 4) is 0 Å². The fraction of sp³-hybridized carbons (Fsp3) is 0.368. The largest absolute Gasteiger partial charge is 0.416 e. The van der Waals surface area contributed by atoms with Crippen molar-refractivity contribution >= 4 is 21.4 Å². The van der Waals surface area contributed by atoms with Gasteiger partial charge in [0.25, 0.3) is 10.0 Å². The van der Waals surface area contributed by atoms with Crippen molar-refractivity contribution in [3.63, 3.8) is 0 Å². The van der Waals surface area contributed by atoms with Crippen LogP contribution in [0.3, 0.4) is 0 Å². The van der Waals surface area contributed by atoms with Gasteiger partial charge in [0.15, 0.2) is 0 Å². The van der Waals surface area contributed by atoms with Crippen molar-refractivity contribution in [3.05, 3.63) is 54.1 Å². The number of hydrogen-bond acceptors (Lipinski definition) is 4. The predicted octanol–water partition coefficient (Wildman–Crippen LogP) is 3.65. The van der Waals surface area contributed by atoms with E-state index < -0.39 is 21.8 Å². The molecule has 1 saturated heterocycles. The molecule has 1 aliphatic heterocycles. The van der Waals surface area contributed by atoms with Gasteiger partial charge in [0.1, 0.15) is 0 Å². The number of benzene rings is 2. The van der Waals surface area contributed by atoms with Crippen LogP contribution in [0.15, 0.2) is 53.4 Å². The monoisotopic (exact) mass is 413 g/mol. The van der Waals surface area contributed by atoms with Gasteiger partial charge in [0, 0.05) is 37.6 Å². The number of halogens is 3. The topological polar surface area (TPSA) is 52.6 Å². The van der Waals surface area contributed by atoms with E-state index in [-0.39, 0.29) is 4.90 Å². The van der Waals surface area contributed by atoms with Gasteiger partial charge in [-0.2, -0.15) is 13.2 Å². The fourth-order valence-corrected chi connectivity index (χ4v) is 4.16. The summed E-state index contributed by atoms with van der Waals surface area (Å²) in [7, 11) is -3.96. The highest BCUT2D eigenvalue weighted by Crippen LogP contribution is 2.30. The first-order valence-corrected chi connectivity index (χ1v) is 10.4. The molecule has 0 radical (unpaired) electrons. The second-order valence-corrected chi connectivity index (χ2v) is 8.28. The summed E-state index contributed by atoms with van der Waals surface area (Å²) < 4.78 is 65.1. The van der Waals surface area contributed by atoms with E-state index in [1.807, 2.05) is 12.1 Å². The summed E-state index contributed by atoms with van der Waals surface area (Å²) in [5.41, 5.74) is 0.475. The molecule has 1 N–H and O–H groups in total. The molecule has 1 aliphatic rings. The predicted molar refractivity (Wildman–Crippen MR) is 103 cm³/mol. The molecule has 152 valence electrons. The normalized spacial score (nSPS) is 16.2. The first-order chi connectivity index (χ1) is 13.2. The van der Waals surface area contributed by atoms with Gasteiger partial charge in [-0.1, -0.05) is 6.92 Å². The third-order valence-corrected chi connectivity index (χ3v) is 6.19. The van der Waals surface area contributed by atoms with Crippen LogP contribution < -0.4 is 9.62 Å². The lowest BCUT2D eigenvalue weighted by atomic mass is 10.2. The van der Waals surface area contributed by atoms with Crippen LogP contribution in [0.25, 0.3) is 0 Å². The highest BCUT2D eigenvalue weighted by atomic mass is 32.2. The van der Waals surface area contributed by atoms with E-state index in [1.54, 1.807) is 12.1 Å². The number of rotatable bonds is 5. The third-order valence-electron chi connectivity index (χ3n) is 4.80. The molecule has 2 aromatic carbocycles. The second kappa shape index (κ2) is 8.00. The quantitative estimate of drug-likeness (QED) is 0.813. The summed E-state index contributed by atoms with van der Waals surface area (Å²) in [6, 6.07) is 10.4. The van der Waals surface area contributed by atoms with Crippen LogP contribution in [0.2, 0.25) is 0 Å². The fourth-order valence-electron chi connectivity index (χ4n) is 3.10. The summed E-state index contributed by atoms with van der Waals surface area (Å²) in [4.78, 5) is 4.38. The molecule has 0 atom stereocenters. The minimum atomic E-state index is -4.51. The zero-order chi connectivity index (χ0) is 20.4. The number of nitrogens with one attached hydrogen (secondary N) is 1. The average Bonchev–Trinajstić information content (AvgIpc) is 2.68. The van der Waals surface area contributed by atoms with E-state index >= 15 is 0 Å². The third kappa shape index (κ3) is 4.77. The lowest BCUT2D eigenvalue weighted by Gasteiger charge is -2.35. The molecule has 0 saturated carbocycles. The summed E-state index contributed by atoms with van der Waals surface area (Å²) >= 11 is 0. The molecule has 0 aliphatic carbocycles. The van der Waals surface area contributed by atoms with Crippen LogP contribution in [0.4, 0.5) is 24.5 Å². The van der Waals surface area contributed by atoms with Gasteiger partial charge < -0.3 is 9.80 Å². The molecule has 0 spiro atoms. The number of piperazine rings is 1. The van der Waals surface area contributed by atoms with Gasteiger partial charge in [0.05, 0.1) is 10.5 Å². The Balaban J connectivity index is 1.67. The van der Waals surface area contributed by atoms with E-state index in [1.165, 1.54) is 0 Å². The Morgan fingerprint density at radius 3 is 2.00 bits per heavy atom. The Bertz CT molecular complexity index is 890. The number of anilines is 2. The van der Waals surface area contributed by atoms with Gasteiger partial charge in [-0.25, -0.2) is 8.42 Å². The van der Waals surface area contributed by atoms with Gasteiger partial charge in [-0.3, -0.25) is 4.72 Å². The molecule has 3 rings (SSSR count). The van der Waals surface area contributed by atoms with Gasteiger partial charge >= 0.3 is 6.18 Å². The molecular weight excluding hydrogens is 391 g/mol. The lowest BCUT2D eigenvalue weighted by Crippen LogP contribution is -2.46. The van der Waals surface area contributed by atoms with E-state index in [2.05, 4.69) is 21.4 Å². The van der Waals surface area contributed by atoms with Crippen LogP contribution >= 0.6 is 0 Å². The zero-order valence-electron chi connectivity index (χ0n) is 15.4. The molecule has 1 heterocycles. The van der Waals surface area contributed by atoms with Crippen molar-refractivity contribution < 1.29 is 21.6 Å². The first-order valence-electron chi connectivity index (χ1n) is 8.96. The van der Waals surface area contributed by atoms with Crippen molar-refractivity contribution in [1.29, 1.82) is 0 Å². The number of alkyl halides is 3. The molecule has 0 amide bonds. The standard InChI is InChI=1S/C19H22F3N3O2S/c1-2-24-11-13-25(14-12-24)17-7-5-16(6-8-17)23-28(26,27)18-9-3-15(4-10-18)19(20,21)22/h3-10,23H,2,11-14H2,1H3. The summed E-state index contributed by atoms with van der Waals surface area (Å²) in [5, 5.41) is 0. The highest BCUT2D eigenvalue weighted by molar-refractivity contribution is 7.92. The Kier molecular flexibility index (Phi) is 5.85. The molecule has 0 aromatic heterocycles. The molecule has 0 bridgehead atoms. The summed E-state index contributed by atoms with van der Waals surface area (Å²) in [6.07, 6.45) is -4.51. The minimum Gasteiger partial charge on any atom is -0.369 e. The van der Waals surface area contributed by atoms with Crippen LogP contribution in [0.1, 0.15) is 12.5 Å². The maximum Gasteiger partial charge on any atom is 0.416 e. The maximum atomic E-state index is 12.6. The molecule has 28 heavy (non-hydrogen) atoms. The maximum absolute atomic E-state index is 12.6. The van der Waals surface area contributed by atoms with Crippen molar-refractivity contribution in [2.45, 2.75) is 18.0 Å². The van der Waals surface area contributed by atoms with Crippen molar-refractivity contribution in [1.82, 2.24) is 4.90 Å². The summed E-state index contributed by atoms with van der Waals surface area (Å²) in [5.74, 6) is 0. The van der Waals surface area contributed by atoms with E-state index in [0.29, 0.717) is 5.69 Å². The Labute approximate surface area is 162 Å². The molecule has 1 fully saturated rings. The van der Waals surface area contributed by atoms with Crippen LogP contribution in [0, 0.1) is 0 Å². The Morgan fingerprint density at radius 1 is 0.929 bits per heavy atom. The smallest absolute Gasteiger partial charge is 0.369 e. The first kappa shape index (κ1) is 20.5. The minimum absolute atomic E-state index is 0.222. The lowest BCUT2D eigenvalue weighted by molar-refractivity contribution is -0.137. The van der Waals surface area contributed by atoms with E-state index in [4.69, 9.17) is 0 Å².